The third-order valence-corrected chi connectivity index (χ3v) is 3.13. The highest BCUT2D eigenvalue weighted by atomic mass is 16.6. The predicted molar refractivity (Wildman–Crippen MR) is 102 cm³/mol. The van der Waals surface area contributed by atoms with Crippen LogP contribution in [-0.4, -0.2) is 67.1 Å². The molecule has 8 heteroatoms. The summed E-state index contributed by atoms with van der Waals surface area (Å²) in [4.78, 5) is 24.2. The molecule has 1 aromatic rings. The van der Waals surface area contributed by atoms with Gasteiger partial charge in [0.05, 0.1) is 31.2 Å². The van der Waals surface area contributed by atoms with Crippen molar-refractivity contribution in [1.29, 1.82) is 0 Å². The average molecular weight is 391 g/mol. The van der Waals surface area contributed by atoms with E-state index in [2.05, 4.69) is 10.1 Å². The Balaban J connectivity index is 3.35. The van der Waals surface area contributed by atoms with Gasteiger partial charge in [0.1, 0.15) is 11.6 Å². The summed E-state index contributed by atoms with van der Waals surface area (Å²) in [5, 5.41) is 21.7. The number of benzene rings is 1. The Morgan fingerprint density at radius 3 is 2.19 bits per heavy atom. The van der Waals surface area contributed by atoms with Gasteiger partial charge >= 0.3 is 12.1 Å². The molecule has 0 bridgehead atoms. The Morgan fingerprint density at radius 2 is 1.74 bits per heavy atom. The Kier molecular flexibility index (Phi) is 5.15. The molecule has 0 saturated carbocycles. The van der Waals surface area contributed by atoms with Gasteiger partial charge in [-0.15, -0.1) is 0 Å². The van der Waals surface area contributed by atoms with E-state index in [1.165, 1.54) is 12.1 Å². The highest BCUT2D eigenvalue weighted by molar-refractivity contribution is 5.81. The third kappa shape index (κ3) is 8.27. The highest BCUT2D eigenvalue weighted by Crippen LogP contribution is 2.16. The lowest BCUT2D eigenvalue weighted by molar-refractivity contribution is -0.143. The van der Waals surface area contributed by atoms with Crippen LogP contribution in [0.1, 0.15) is 37.3 Å². The molecule has 8 nitrogen and oxygen atoms in total. The minimum absolute atomic E-state index is 0.0550. The normalized spacial score (nSPS) is 18.7. The summed E-state index contributed by atoms with van der Waals surface area (Å²) >= 11 is 0. The summed E-state index contributed by atoms with van der Waals surface area (Å²) in [5.74, 6) is -0.795. The minimum Gasteiger partial charge on any atom is -0.467 e. The fourth-order valence-corrected chi connectivity index (χ4v) is 2.06. The van der Waals surface area contributed by atoms with Crippen LogP contribution in [0.3, 0.4) is 0 Å². The van der Waals surface area contributed by atoms with Crippen molar-refractivity contribution in [3.05, 3.63) is 29.8 Å². The van der Waals surface area contributed by atoms with Crippen LogP contribution in [0.25, 0.3) is 0 Å². The van der Waals surface area contributed by atoms with Crippen LogP contribution in [-0.2, 0) is 20.7 Å². The van der Waals surface area contributed by atoms with Gasteiger partial charge in [0.25, 0.3) is 0 Å². The summed E-state index contributed by atoms with van der Waals surface area (Å²) < 4.78 is 71.0. The van der Waals surface area contributed by atoms with Crippen LogP contribution >= 0.6 is 0 Å². The zero-order chi connectivity index (χ0) is 27.6. The van der Waals surface area contributed by atoms with E-state index in [0.717, 1.165) is 19.2 Å². The Morgan fingerprint density at radius 1 is 1.19 bits per heavy atom. The maximum atomic E-state index is 12.1. The lowest BCUT2D eigenvalue weighted by Crippen LogP contribution is -2.45. The molecular formula is C19H30N2O6. The molecule has 0 aliphatic rings. The first-order valence-electron chi connectivity index (χ1n) is 12.0. The van der Waals surface area contributed by atoms with Gasteiger partial charge in [0.2, 0.25) is 0 Å². The number of aliphatic hydroxyl groups is 2. The van der Waals surface area contributed by atoms with E-state index in [4.69, 9.17) is 15.7 Å². The fourth-order valence-electron chi connectivity index (χ4n) is 2.06. The molecule has 152 valence electrons. The van der Waals surface area contributed by atoms with Crippen molar-refractivity contribution in [3.63, 3.8) is 0 Å². The molecule has 27 heavy (non-hydrogen) atoms. The number of methoxy groups -OCH3 is 1. The summed E-state index contributed by atoms with van der Waals surface area (Å²) in [6, 6.07) is 3.52. The zero-order valence-electron chi connectivity index (χ0n) is 23.6. The molecule has 0 radical (unpaired) electrons. The molecule has 0 aliphatic heterocycles. The van der Waals surface area contributed by atoms with Gasteiger partial charge in [-0.2, -0.15) is 0 Å². The van der Waals surface area contributed by atoms with Crippen LogP contribution in [0.4, 0.5) is 10.5 Å². The summed E-state index contributed by atoms with van der Waals surface area (Å²) in [6.07, 6.45) is -1.01. The fraction of sp³-hybridized carbons (Fsp3) is 0.579. The number of carbonyl (C=O) groups excluding carboxylic acids is 2. The van der Waals surface area contributed by atoms with Crippen molar-refractivity contribution >= 4 is 17.7 Å². The topological polar surface area (TPSA) is 108 Å². The van der Waals surface area contributed by atoms with Crippen molar-refractivity contribution in [3.8, 4) is 0 Å². The average Bonchev–Trinajstić information content (AvgIpc) is 2.64. The van der Waals surface area contributed by atoms with Gasteiger partial charge in [-0.1, -0.05) is 12.1 Å². The van der Waals surface area contributed by atoms with Gasteiger partial charge in [0, 0.05) is 25.1 Å². The summed E-state index contributed by atoms with van der Waals surface area (Å²) in [5.41, 5.74) is -0.905. The number of rotatable bonds is 9. The van der Waals surface area contributed by atoms with E-state index in [-0.39, 0.29) is 11.3 Å². The highest BCUT2D eigenvalue weighted by Gasteiger charge is 2.25. The lowest BCUT2D eigenvalue weighted by atomic mass is 10.1. The molecule has 1 aromatic carbocycles. The van der Waals surface area contributed by atoms with Crippen molar-refractivity contribution in [2.75, 3.05) is 38.1 Å². The van der Waals surface area contributed by atoms with Crippen LogP contribution in [0.5, 0.6) is 0 Å². The van der Waals surface area contributed by atoms with Crippen molar-refractivity contribution < 1.29 is 40.2 Å². The molecule has 0 saturated heterocycles. The third-order valence-electron chi connectivity index (χ3n) is 3.13. The van der Waals surface area contributed by atoms with Gasteiger partial charge in [-0.3, -0.25) is 0 Å². The molecule has 0 fully saturated rings. The number of nitrogens with one attached hydrogen (secondary N) is 1. The Hall–Kier alpha value is -2.32. The monoisotopic (exact) mass is 390 g/mol. The summed E-state index contributed by atoms with van der Waals surface area (Å²) in [6.45, 7) is -9.53. The molecule has 1 rings (SSSR count). The Labute approximate surface area is 171 Å². The molecule has 0 spiro atoms. The van der Waals surface area contributed by atoms with Crippen LogP contribution < -0.4 is 10.2 Å². The number of nitrogens with zero attached hydrogens (tertiary/aromatic N) is 1. The second-order valence-electron chi connectivity index (χ2n) is 6.38. The van der Waals surface area contributed by atoms with E-state index >= 15 is 0 Å². The number of alkyl carbamates (subject to hydrolysis) is 1. The molecule has 0 unspecified atom stereocenters. The van der Waals surface area contributed by atoms with E-state index < -0.39 is 55.5 Å². The van der Waals surface area contributed by atoms with Crippen molar-refractivity contribution in [2.24, 2.45) is 0 Å². The lowest BCUT2D eigenvalue weighted by Gasteiger charge is -2.24. The van der Waals surface area contributed by atoms with Gasteiger partial charge in [0.15, 0.2) is 0 Å². The molecule has 0 heterocycles. The maximum absolute atomic E-state index is 12.1. The van der Waals surface area contributed by atoms with E-state index in [0.29, 0.717) is 5.56 Å². The SMILES string of the molecule is [2H]C([2H])(O)C([2H])([2H])N(c1ccc(C[C@H](NC(=O)OC(C)(C)C)C(=O)OC)cc1)C([2H])([2H])C([2H])([2H])O. The molecule has 1 amide bonds. The summed E-state index contributed by atoms with van der Waals surface area (Å²) in [7, 11) is 1.11. The van der Waals surface area contributed by atoms with E-state index in [1.54, 1.807) is 20.8 Å². The molecule has 0 aliphatic carbocycles. The van der Waals surface area contributed by atoms with Gasteiger partial charge in [-0.25, -0.2) is 9.59 Å². The predicted octanol–water partition coefficient (Wildman–Crippen LogP) is 1.09. The number of ether oxygens (including phenoxy) is 2. The van der Waals surface area contributed by atoms with Crippen LogP contribution in [0.15, 0.2) is 24.3 Å². The van der Waals surface area contributed by atoms with Crippen molar-refractivity contribution in [2.45, 2.75) is 38.8 Å². The van der Waals surface area contributed by atoms with E-state index in [1.807, 2.05) is 0 Å². The number of anilines is 1. The van der Waals surface area contributed by atoms with Gasteiger partial charge < -0.3 is 29.9 Å². The van der Waals surface area contributed by atoms with E-state index in [9.17, 15) is 19.8 Å². The largest absolute Gasteiger partial charge is 0.467 e. The molecule has 0 aromatic heterocycles. The number of carbonyl (C=O) groups is 2. The number of esters is 1. The quantitative estimate of drug-likeness (QED) is 0.542. The van der Waals surface area contributed by atoms with Crippen LogP contribution in [0.2, 0.25) is 0 Å². The van der Waals surface area contributed by atoms with Crippen molar-refractivity contribution in [1.82, 2.24) is 5.32 Å². The molecular weight excluding hydrogens is 352 g/mol. The second kappa shape index (κ2) is 10.7. The standard InChI is InChI=1S/C19H30N2O6/c1-19(2,3)27-18(25)20-16(17(24)26-4)13-14-5-7-15(8-6-14)21(9-11-22)10-12-23/h5-8,16,22-23H,9-13H2,1-4H3,(H,20,25)/t16-/m0/s1/i9D2,10D2,11D2,12D2. The number of hydrogen-bond donors (Lipinski definition) is 3. The Bertz CT molecular complexity index is 869. The first-order valence-corrected chi connectivity index (χ1v) is 7.96. The smallest absolute Gasteiger partial charge is 0.408 e. The zero-order valence-corrected chi connectivity index (χ0v) is 15.6. The first kappa shape index (κ1) is 13.0. The number of amides is 1. The number of hydrogen-bond acceptors (Lipinski definition) is 7. The second-order valence-corrected chi connectivity index (χ2v) is 6.38. The molecule has 1 atom stereocenters. The minimum atomic E-state index is -3.67. The molecule has 3 N–H and O–H groups in total. The van der Waals surface area contributed by atoms with Gasteiger partial charge in [-0.05, 0) is 38.5 Å². The first-order chi connectivity index (χ1) is 15.5. The van der Waals surface area contributed by atoms with Crippen LogP contribution in [0, 0.1) is 0 Å². The maximum Gasteiger partial charge on any atom is 0.408 e.